The minimum absolute atomic E-state index is 0.0307. The highest BCUT2D eigenvalue weighted by atomic mass is 19.4. The van der Waals surface area contributed by atoms with Crippen molar-refractivity contribution in [3.8, 4) is 0 Å². The second-order valence-corrected chi connectivity index (χ2v) is 16.5. The molecule has 5 nitrogen and oxygen atoms in total. The van der Waals surface area contributed by atoms with Crippen LogP contribution in [0.2, 0.25) is 0 Å². The molecule has 0 aromatic heterocycles. The first-order valence-corrected chi connectivity index (χ1v) is 18.0. The second kappa shape index (κ2) is 10.3. The predicted octanol–water partition coefficient (Wildman–Crippen LogP) is 9.29. The summed E-state index contributed by atoms with van der Waals surface area (Å²) in [5.74, 6) is -0.393. The maximum Gasteiger partial charge on any atom is 0.416 e. The Kier molecular flexibility index (Phi) is 6.62. The van der Waals surface area contributed by atoms with E-state index in [1.165, 1.54) is 12.1 Å². The monoisotopic (exact) mass is 681 g/mol. The molecule has 1 saturated heterocycles. The molecule has 0 radical (unpaired) electrons. The number of carbonyl (C=O) groups is 2. The van der Waals surface area contributed by atoms with E-state index in [1.807, 2.05) is 23.1 Å². The van der Waals surface area contributed by atoms with Crippen molar-refractivity contribution in [2.75, 3.05) is 6.54 Å². The molecule has 3 saturated carbocycles. The quantitative estimate of drug-likeness (QED) is 0.220. The Morgan fingerprint density at radius 3 is 2.46 bits per heavy atom. The molecule has 7 aliphatic rings. The zero-order valence-electron chi connectivity index (χ0n) is 28.4. The number of benzene rings is 3. The van der Waals surface area contributed by atoms with Gasteiger partial charge in [0.1, 0.15) is 5.60 Å². The van der Waals surface area contributed by atoms with Gasteiger partial charge in [-0.25, -0.2) is 4.79 Å². The lowest BCUT2D eigenvalue weighted by Crippen LogP contribution is -2.67. The van der Waals surface area contributed by atoms with Crippen LogP contribution in [0.25, 0.3) is 10.8 Å². The van der Waals surface area contributed by atoms with E-state index in [9.17, 15) is 27.9 Å². The smallest absolute Gasteiger partial charge is 0.416 e. The maximum atomic E-state index is 14.8. The van der Waals surface area contributed by atoms with Gasteiger partial charge < -0.3 is 9.84 Å². The summed E-state index contributed by atoms with van der Waals surface area (Å²) in [6.45, 7) is 5.41. The highest BCUT2D eigenvalue weighted by Crippen LogP contribution is 2.79. The molecule has 3 aromatic rings. The van der Waals surface area contributed by atoms with E-state index in [0.29, 0.717) is 37.9 Å². The molecule has 8 atom stereocenters. The van der Waals surface area contributed by atoms with Crippen LogP contribution in [0.15, 0.2) is 90.5 Å². The zero-order chi connectivity index (χ0) is 34.9. The van der Waals surface area contributed by atoms with Gasteiger partial charge in [-0.1, -0.05) is 86.7 Å². The summed E-state index contributed by atoms with van der Waals surface area (Å²) in [6.07, 6.45) is 6.01. The van der Waals surface area contributed by atoms with Gasteiger partial charge in [-0.15, -0.1) is 0 Å². The predicted molar refractivity (Wildman–Crippen MR) is 183 cm³/mol. The third-order valence-corrected chi connectivity index (χ3v) is 14.6. The van der Waals surface area contributed by atoms with Gasteiger partial charge >= 0.3 is 12.3 Å². The number of amides is 1. The maximum absolute atomic E-state index is 14.8. The largest absolute Gasteiger partial charge is 0.440 e. The standard InChI is InChI=1S/C42H42F3NO4/c1-37-16-13-30(47)22-39(37)19-20-41(32(23-39)35(48)27-9-6-11-29(21-27)42(43,44)45)33(37)14-17-38(2)34(41)15-18-40(38)25-46(36(49)50-40)24-28-10-5-8-26-7-3-4-12-31(26)28/h3-12,19-21,23,30,33-34,47H,13-18,22,24-25H2,1-2H3/t30-,33+,34+,37+,38-,39-,40+,41+/m0/s1. The van der Waals surface area contributed by atoms with Crippen LogP contribution in [0.3, 0.4) is 0 Å². The number of ketones is 1. The molecule has 6 aliphatic carbocycles. The number of nitrogens with zero attached hydrogens (tertiary/aromatic N) is 1. The van der Waals surface area contributed by atoms with Gasteiger partial charge in [-0.3, -0.25) is 9.69 Å². The van der Waals surface area contributed by atoms with Gasteiger partial charge in [-0.05, 0) is 90.7 Å². The molecular weight excluding hydrogens is 639 g/mol. The molecule has 4 fully saturated rings. The normalized spacial score (nSPS) is 38.5. The Balaban J connectivity index is 1.13. The number of hydrogen-bond acceptors (Lipinski definition) is 4. The number of Topliss-reactive ketones (excluding diaryl/α,β-unsaturated/α-hetero) is 1. The van der Waals surface area contributed by atoms with Crippen molar-refractivity contribution in [2.24, 2.45) is 33.5 Å². The number of hydrogen-bond donors (Lipinski definition) is 1. The van der Waals surface area contributed by atoms with Crippen molar-refractivity contribution < 1.29 is 32.6 Å². The van der Waals surface area contributed by atoms with Crippen molar-refractivity contribution in [1.82, 2.24) is 4.90 Å². The van der Waals surface area contributed by atoms with Crippen LogP contribution in [0, 0.1) is 33.5 Å². The number of carbonyl (C=O) groups excluding carboxylic acids is 2. The lowest BCUT2D eigenvalue weighted by Gasteiger charge is -2.71. The number of fused-ring (bicyclic) bond motifs is 3. The topological polar surface area (TPSA) is 66.8 Å². The van der Waals surface area contributed by atoms with Crippen LogP contribution in [-0.2, 0) is 17.5 Å². The highest BCUT2D eigenvalue weighted by molar-refractivity contribution is 6.10. The van der Waals surface area contributed by atoms with Crippen molar-refractivity contribution >= 4 is 22.6 Å². The first-order valence-electron chi connectivity index (χ1n) is 18.0. The highest BCUT2D eigenvalue weighted by Gasteiger charge is 2.76. The van der Waals surface area contributed by atoms with E-state index < -0.39 is 39.7 Å². The third kappa shape index (κ3) is 4.05. The Hall–Kier alpha value is -3.91. The number of rotatable bonds is 4. The molecule has 0 unspecified atom stereocenters. The number of halogens is 3. The van der Waals surface area contributed by atoms with E-state index in [4.69, 9.17) is 4.74 Å². The van der Waals surface area contributed by atoms with Gasteiger partial charge in [0, 0.05) is 33.9 Å². The molecular formula is C42H42F3NO4. The molecule has 1 N–H and O–H groups in total. The average Bonchev–Trinajstić information content (AvgIpc) is 3.58. The molecule has 1 heterocycles. The minimum atomic E-state index is -4.58. The number of aliphatic hydroxyl groups excluding tert-OH is 1. The summed E-state index contributed by atoms with van der Waals surface area (Å²) >= 11 is 0. The van der Waals surface area contributed by atoms with E-state index in [-0.39, 0.29) is 34.7 Å². The van der Waals surface area contributed by atoms with Crippen LogP contribution in [0.5, 0.6) is 0 Å². The number of allylic oxidation sites excluding steroid dienone is 4. The Labute approximate surface area is 290 Å². The van der Waals surface area contributed by atoms with E-state index in [2.05, 4.69) is 56.3 Å². The van der Waals surface area contributed by atoms with E-state index in [1.54, 1.807) is 0 Å². The van der Waals surface area contributed by atoms with Gasteiger partial charge in [0.25, 0.3) is 0 Å². The van der Waals surface area contributed by atoms with Gasteiger partial charge in [0.05, 0.1) is 18.2 Å². The van der Waals surface area contributed by atoms with Crippen LogP contribution < -0.4 is 0 Å². The fourth-order valence-electron chi connectivity index (χ4n) is 12.1. The molecule has 260 valence electrons. The lowest BCUT2D eigenvalue weighted by atomic mass is 9.32. The molecule has 1 amide bonds. The Morgan fingerprint density at radius 1 is 0.920 bits per heavy atom. The number of alkyl halides is 3. The summed E-state index contributed by atoms with van der Waals surface area (Å²) in [4.78, 5) is 30.4. The number of ether oxygens (including phenoxy) is 1. The Bertz CT molecular complexity index is 2020. The third-order valence-electron chi connectivity index (χ3n) is 14.6. The number of aliphatic hydroxyl groups is 1. The summed E-state index contributed by atoms with van der Waals surface area (Å²) in [5, 5.41) is 13.2. The molecule has 2 bridgehead atoms. The summed E-state index contributed by atoms with van der Waals surface area (Å²) in [6, 6.07) is 19.1. The van der Waals surface area contributed by atoms with Crippen LogP contribution in [0.1, 0.15) is 80.3 Å². The summed E-state index contributed by atoms with van der Waals surface area (Å²) in [5.41, 5.74) is -1.98. The fourth-order valence-corrected chi connectivity index (χ4v) is 12.1. The van der Waals surface area contributed by atoms with Crippen LogP contribution in [0.4, 0.5) is 18.0 Å². The minimum Gasteiger partial charge on any atom is -0.440 e. The molecule has 10 rings (SSSR count). The lowest BCUT2D eigenvalue weighted by molar-refractivity contribution is -0.164. The zero-order valence-corrected chi connectivity index (χ0v) is 28.4. The molecule has 50 heavy (non-hydrogen) atoms. The molecule has 8 heteroatoms. The molecule has 3 spiro atoms. The van der Waals surface area contributed by atoms with Gasteiger partial charge in [0.2, 0.25) is 0 Å². The van der Waals surface area contributed by atoms with Gasteiger partial charge in [0.15, 0.2) is 5.78 Å². The molecule has 1 aliphatic heterocycles. The van der Waals surface area contributed by atoms with Crippen LogP contribution in [-0.4, -0.2) is 40.1 Å². The van der Waals surface area contributed by atoms with E-state index in [0.717, 1.165) is 54.2 Å². The van der Waals surface area contributed by atoms with Crippen molar-refractivity contribution in [2.45, 2.75) is 83.2 Å². The molecule has 3 aromatic carbocycles. The second-order valence-electron chi connectivity index (χ2n) is 16.5. The van der Waals surface area contributed by atoms with Crippen molar-refractivity contribution in [1.29, 1.82) is 0 Å². The average molecular weight is 682 g/mol. The SMILES string of the molecule is C[C@]12CC[C@H]3[C@]4(C=C[C@@]5(C=C4C(=O)c4cccc(C(F)(F)F)c4)C[C@@H](O)CC[C@]35C)[C@@H]1CC[C@@]21CN(Cc2cccc3ccccc23)C(=O)O1. The van der Waals surface area contributed by atoms with E-state index >= 15 is 0 Å². The van der Waals surface area contributed by atoms with Crippen LogP contribution >= 0.6 is 0 Å². The first-order chi connectivity index (χ1) is 23.8. The first kappa shape index (κ1) is 32.0. The Morgan fingerprint density at radius 2 is 1.64 bits per heavy atom. The van der Waals surface area contributed by atoms with Crippen molar-refractivity contribution in [3.63, 3.8) is 0 Å². The summed E-state index contributed by atoms with van der Waals surface area (Å²) in [7, 11) is 0. The fraction of sp³-hybridized carbons (Fsp3) is 0.476. The van der Waals surface area contributed by atoms with Gasteiger partial charge in [-0.2, -0.15) is 13.2 Å². The van der Waals surface area contributed by atoms with Crippen molar-refractivity contribution in [3.05, 3.63) is 107 Å². The summed E-state index contributed by atoms with van der Waals surface area (Å²) < 4.78 is 48.1.